The number of ketones is 2. The highest BCUT2D eigenvalue weighted by Crippen LogP contribution is 2.09. The van der Waals surface area contributed by atoms with Crippen molar-refractivity contribution in [2.24, 2.45) is 0 Å². The SMILES string of the molecule is C.CCc1ccc(CC(=O)CCCCCNC(=O)c2ccc(C(=O)NCCCCCC(C)=O)cc2)cc1. The molecule has 0 heterocycles. The van der Waals surface area contributed by atoms with Crippen LogP contribution in [0.5, 0.6) is 0 Å². The molecule has 0 atom stereocenters. The van der Waals surface area contributed by atoms with Gasteiger partial charge in [0, 0.05) is 43.5 Å². The van der Waals surface area contributed by atoms with E-state index in [1.807, 2.05) is 12.1 Å². The second kappa shape index (κ2) is 18.0. The molecule has 0 saturated carbocycles. The molecule has 0 aliphatic heterocycles. The molecule has 6 nitrogen and oxygen atoms in total. The first-order valence-corrected chi connectivity index (χ1v) is 13.1. The third-order valence-corrected chi connectivity index (χ3v) is 6.15. The summed E-state index contributed by atoms with van der Waals surface area (Å²) < 4.78 is 0. The van der Waals surface area contributed by atoms with E-state index in [4.69, 9.17) is 0 Å². The fraction of sp³-hybridized carbons (Fsp3) is 0.484. The number of hydrogen-bond donors (Lipinski definition) is 2. The van der Waals surface area contributed by atoms with E-state index in [1.165, 1.54) is 5.56 Å². The minimum Gasteiger partial charge on any atom is -0.352 e. The molecule has 0 saturated heterocycles. The molecule has 2 aromatic carbocycles. The van der Waals surface area contributed by atoms with Crippen LogP contribution in [0.15, 0.2) is 48.5 Å². The van der Waals surface area contributed by atoms with Crippen LogP contribution in [0.3, 0.4) is 0 Å². The normalized spacial score (nSPS) is 10.3. The van der Waals surface area contributed by atoms with Crippen molar-refractivity contribution in [3.05, 3.63) is 70.8 Å². The number of rotatable bonds is 17. The number of benzene rings is 2. The highest BCUT2D eigenvalue weighted by atomic mass is 16.2. The second-order valence-electron chi connectivity index (χ2n) is 9.30. The summed E-state index contributed by atoms with van der Waals surface area (Å²) in [6.45, 7) is 4.82. The standard InChI is InChI=1S/C30H40N2O4.CH4/c1-3-24-12-14-25(15-13-24)22-28(34)11-7-5-9-21-32-30(36)27-18-16-26(17-19-27)29(35)31-20-8-4-6-10-23(2)33;/h12-19H,3-11,20-22H2,1-2H3,(H,31,35)(H,32,36);1H4. The van der Waals surface area contributed by atoms with Crippen LogP contribution in [0.25, 0.3) is 0 Å². The van der Waals surface area contributed by atoms with E-state index in [9.17, 15) is 19.2 Å². The Morgan fingerprint density at radius 2 is 1.08 bits per heavy atom. The summed E-state index contributed by atoms with van der Waals surface area (Å²) in [6, 6.07) is 14.8. The van der Waals surface area contributed by atoms with Crippen molar-refractivity contribution in [3.63, 3.8) is 0 Å². The summed E-state index contributed by atoms with van der Waals surface area (Å²) in [7, 11) is 0. The topological polar surface area (TPSA) is 92.3 Å². The van der Waals surface area contributed by atoms with Gasteiger partial charge in [0.2, 0.25) is 0 Å². The third-order valence-electron chi connectivity index (χ3n) is 6.15. The van der Waals surface area contributed by atoms with Crippen LogP contribution in [0.2, 0.25) is 0 Å². The van der Waals surface area contributed by atoms with Crippen LogP contribution in [-0.4, -0.2) is 36.5 Å². The van der Waals surface area contributed by atoms with Crippen molar-refractivity contribution in [1.29, 1.82) is 0 Å². The van der Waals surface area contributed by atoms with Crippen LogP contribution in [-0.2, 0) is 22.4 Å². The van der Waals surface area contributed by atoms with Gasteiger partial charge in [0.15, 0.2) is 0 Å². The van der Waals surface area contributed by atoms with Gasteiger partial charge in [-0.1, -0.05) is 51.5 Å². The molecule has 202 valence electrons. The second-order valence-corrected chi connectivity index (χ2v) is 9.30. The Labute approximate surface area is 222 Å². The van der Waals surface area contributed by atoms with Crippen LogP contribution in [0.4, 0.5) is 0 Å². The Morgan fingerprint density at radius 1 is 0.622 bits per heavy atom. The molecular weight excluding hydrogens is 464 g/mol. The van der Waals surface area contributed by atoms with E-state index >= 15 is 0 Å². The van der Waals surface area contributed by atoms with E-state index in [0.717, 1.165) is 50.5 Å². The first-order valence-electron chi connectivity index (χ1n) is 13.1. The summed E-state index contributed by atoms with van der Waals surface area (Å²) in [6.07, 6.45) is 7.74. The Balaban J connectivity index is 0.00000684. The average molecular weight is 509 g/mol. The van der Waals surface area contributed by atoms with E-state index in [-0.39, 0.29) is 30.8 Å². The number of hydrogen-bond acceptors (Lipinski definition) is 4. The molecular formula is C31H44N2O4. The molecule has 2 rings (SSSR count). The first kappa shape index (κ1) is 31.7. The summed E-state index contributed by atoms with van der Waals surface area (Å²) in [5.74, 6) is 0.111. The monoisotopic (exact) mass is 508 g/mol. The van der Waals surface area contributed by atoms with E-state index in [1.54, 1.807) is 31.2 Å². The highest BCUT2D eigenvalue weighted by Gasteiger charge is 2.09. The molecule has 0 spiro atoms. The van der Waals surface area contributed by atoms with E-state index in [0.29, 0.717) is 43.5 Å². The quantitative estimate of drug-likeness (QED) is 0.262. The van der Waals surface area contributed by atoms with Crippen LogP contribution in [0, 0.1) is 0 Å². The predicted octanol–water partition coefficient (Wildman–Crippen LogP) is 5.87. The first-order chi connectivity index (χ1) is 17.4. The van der Waals surface area contributed by atoms with Crippen LogP contribution in [0.1, 0.15) is 104 Å². The zero-order valence-electron chi connectivity index (χ0n) is 21.7. The maximum absolute atomic E-state index is 12.3. The lowest BCUT2D eigenvalue weighted by Crippen LogP contribution is -2.26. The Bertz CT molecular complexity index is 981. The van der Waals surface area contributed by atoms with Gasteiger partial charge in [-0.15, -0.1) is 0 Å². The summed E-state index contributed by atoms with van der Waals surface area (Å²) in [5, 5.41) is 5.77. The Hall–Kier alpha value is -3.28. The molecule has 2 aromatic rings. The number of carbonyl (C=O) groups is 4. The largest absolute Gasteiger partial charge is 0.352 e. The van der Waals surface area contributed by atoms with Gasteiger partial charge in [0.1, 0.15) is 11.6 Å². The number of Topliss-reactive ketones (excluding diaryl/α,β-unsaturated/α-hetero) is 2. The minimum atomic E-state index is -0.168. The molecule has 0 aliphatic carbocycles. The van der Waals surface area contributed by atoms with Gasteiger partial charge in [-0.25, -0.2) is 0 Å². The van der Waals surface area contributed by atoms with Gasteiger partial charge >= 0.3 is 0 Å². The van der Waals surface area contributed by atoms with E-state index < -0.39 is 0 Å². The summed E-state index contributed by atoms with van der Waals surface area (Å²) in [4.78, 5) is 47.7. The molecule has 0 unspecified atom stereocenters. The zero-order chi connectivity index (χ0) is 26.2. The molecule has 0 fully saturated rings. The van der Waals surface area contributed by atoms with Crippen molar-refractivity contribution < 1.29 is 19.2 Å². The molecule has 6 heteroatoms. The van der Waals surface area contributed by atoms with Gasteiger partial charge in [0.25, 0.3) is 11.8 Å². The summed E-state index contributed by atoms with van der Waals surface area (Å²) >= 11 is 0. The van der Waals surface area contributed by atoms with Crippen molar-refractivity contribution in [3.8, 4) is 0 Å². The Kier molecular flexibility index (Phi) is 15.5. The smallest absolute Gasteiger partial charge is 0.251 e. The number of carbonyl (C=O) groups excluding carboxylic acids is 4. The lowest BCUT2D eigenvalue weighted by atomic mass is 10.0. The average Bonchev–Trinajstić information content (AvgIpc) is 2.88. The third kappa shape index (κ3) is 13.0. The molecule has 2 N–H and O–H groups in total. The van der Waals surface area contributed by atoms with Gasteiger partial charge < -0.3 is 15.4 Å². The lowest BCUT2D eigenvalue weighted by molar-refractivity contribution is -0.118. The molecule has 2 amide bonds. The van der Waals surface area contributed by atoms with E-state index in [2.05, 4.69) is 29.7 Å². The summed E-state index contributed by atoms with van der Waals surface area (Å²) in [5.41, 5.74) is 3.37. The number of unbranched alkanes of at least 4 members (excludes halogenated alkanes) is 4. The van der Waals surface area contributed by atoms with Crippen LogP contribution >= 0.6 is 0 Å². The molecule has 0 aliphatic rings. The predicted molar refractivity (Wildman–Crippen MR) is 150 cm³/mol. The fourth-order valence-corrected chi connectivity index (χ4v) is 3.89. The fourth-order valence-electron chi connectivity index (χ4n) is 3.89. The lowest BCUT2D eigenvalue weighted by Gasteiger charge is -2.08. The number of nitrogens with one attached hydrogen (secondary N) is 2. The van der Waals surface area contributed by atoms with Crippen molar-refractivity contribution in [1.82, 2.24) is 10.6 Å². The maximum Gasteiger partial charge on any atom is 0.251 e. The van der Waals surface area contributed by atoms with Crippen molar-refractivity contribution >= 4 is 23.4 Å². The van der Waals surface area contributed by atoms with Gasteiger partial charge in [-0.05, 0) is 74.4 Å². The van der Waals surface area contributed by atoms with Crippen molar-refractivity contribution in [2.45, 2.75) is 85.5 Å². The maximum atomic E-state index is 12.3. The number of amides is 2. The van der Waals surface area contributed by atoms with Crippen molar-refractivity contribution in [2.75, 3.05) is 13.1 Å². The van der Waals surface area contributed by atoms with Gasteiger partial charge in [0.05, 0.1) is 0 Å². The van der Waals surface area contributed by atoms with Crippen LogP contribution < -0.4 is 10.6 Å². The van der Waals surface area contributed by atoms with Gasteiger partial charge in [-0.3, -0.25) is 14.4 Å². The number of aryl methyl sites for hydroxylation is 1. The molecule has 0 bridgehead atoms. The zero-order valence-corrected chi connectivity index (χ0v) is 21.7. The molecule has 0 radical (unpaired) electrons. The highest BCUT2D eigenvalue weighted by molar-refractivity contribution is 5.97. The molecule has 37 heavy (non-hydrogen) atoms. The van der Waals surface area contributed by atoms with Gasteiger partial charge in [-0.2, -0.15) is 0 Å². The minimum absolute atomic E-state index is 0. The molecule has 0 aromatic heterocycles. The Morgan fingerprint density at radius 3 is 1.54 bits per heavy atom.